The van der Waals surface area contributed by atoms with Crippen molar-refractivity contribution in [3.63, 3.8) is 0 Å². The molecule has 0 radical (unpaired) electrons. The zero-order chi connectivity index (χ0) is 22.9. The summed E-state index contributed by atoms with van der Waals surface area (Å²) >= 11 is 0. The number of rotatable bonds is 7. The van der Waals surface area contributed by atoms with Gasteiger partial charge in [0, 0.05) is 35.4 Å². The Hall–Kier alpha value is -2.81. The number of benzene rings is 1. The van der Waals surface area contributed by atoms with E-state index in [0.717, 1.165) is 19.4 Å². The number of methoxy groups -OCH3 is 3. The topological polar surface area (TPSA) is 80.8 Å². The molecular formula is C23H32FN5O3. The molecule has 0 bridgehead atoms. The number of hydrogen-bond acceptors (Lipinski definition) is 8. The van der Waals surface area contributed by atoms with Crippen LogP contribution in [0.5, 0.6) is 17.2 Å². The van der Waals surface area contributed by atoms with E-state index in [1.807, 2.05) is 0 Å². The van der Waals surface area contributed by atoms with Crippen molar-refractivity contribution in [2.75, 3.05) is 38.5 Å². The lowest BCUT2D eigenvalue weighted by molar-refractivity contribution is 0.0500. The molecule has 3 heterocycles. The van der Waals surface area contributed by atoms with Gasteiger partial charge in [-0.3, -0.25) is 4.90 Å². The van der Waals surface area contributed by atoms with E-state index >= 15 is 0 Å². The van der Waals surface area contributed by atoms with E-state index in [9.17, 15) is 4.39 Å². The zero-order valence-electron chi connectivity index (χ0n) is 19.4. The molecule has 2 aliphatic heterocycles. The maximum absolute atomic E-state index is 14.6. The Kier molecular flexibility index (Phi) is 6.28. The van der Waals surface area contributed by atoms with Gasteiger partial charge in [-0.15, -0.1) is 0 Å². The monoisotopic (exact) mass is 445 g/mol. The largest absolute Gasteiger partial charge is 0.493 e. The number of nitrogens with zero attached hydrogens (tertiary/aromatic N) is 3. The van der Waals surface area contributed by atoms with Crippen molar-refractivity contribution in [1.29, 1.82) is 0 Å². The van der Waals surface area contributed by atoms with Gasteiger partial charge in [0.05, 0.1) is 27.5 Å². The van der Waals surface area contributed by atoms with Crippen molar-refractivity contribution in [2.24, 2.45) is 0 Å². The summed E-state index contributed by atoms with van der Waals surface area (Å²) in [6, 6.07) is 4.19. The molecule has 32 heavy (non-hydrogen) atoms. The molecule has 0 amide bonds. The Morgan fingerprint density at radius 2 is 1.84 bits per heavy atom. The lowest BCUT2D eigenvalue weighted by Crippen LogP contribution is -2.55. The molecule has 1 aromatic heterocycles. The van der Waals surface area contributed by atoms with Gasteiger partial charge in [0.2, 0.25) is 11.7 Å². The van der Waals surface area contributed by atoms with Crippen molar-refractivity contribution >= 4 is 17.5 Å². The molecule has 2 aliphatic rings. The molecule has 1 aromatic carbocycles. The minimum Gasteiger partial charge on any atom is -0.493 e. The number of ether oxygens (including phenoxy) is 3. The molecule has 2 saturated heterocycles. The fourth-order valence-corrected chi connectivity index (χ4v) is 5.12. The lowest BCUT2D eigenvalue weighted by atomic mass is 9.84. The standard InChI is InChI=1S/C23H32FN5O3/c1-23(2)12-15(9-16-7-6-8-29(16)23)26-21-17(24)13-25-22(28-21)27-14-10-18(30-3)20(32-5)19(11-14)31-4/h10-11,13,15-16H,6-9,12H2,1-5H3,(H2,25,26,27,28). The van der Waals surface area contributed by atoms with Crippen LogP contribution in [0.4, 0.5) is 21.8 Å². The van der Waals surface area contributed by atoms with Crippen LogP contribution in [0.15, 0.2) is 18.3 Å². The van der Waals surface area contributed by atoms with E-state index in [0.29, 0.717) is 29.0 Å². The van der Waals surface area contributed by atoms with Crippen molar-refractivity contribution in [1.82, 2.24) is 14.9 Å². The predicted molar refractivity (Wildman–Crippen MR) is 122 cm³/mol. The summed E-state index contributed by atoms with van der Waals surface area (Å²) in [5.41, 5.74) is 0.718. The summed E-state index contributed by atoms with van der Waals surface area (Å²) in [4.78, 5) is 11.1. The highest BCUT2D eigenvalue weighted by molar-refractivity contribution is 5.66. The second-order valence-electron chi connectivity index (χ2n) is 9.01. The van der Waals surface area contributed by atoms with Crippen LogP contribution < -0.4 is 24.8 Å². The van der Waals surface area contributed by atoms with Crippen molar-refractivity contribution in [3.05, 3.63) is 24.1 Å². The Balaban J connectivity index is 1.53. The quantitative estimate of drug-likeness (QED) is 0.656. The first-order valence-corrected chi connectivity index (χ1v) is 11.0. The molecule has 174 valence electrons. The maximum atomic E-state index is 14.6. The highest BCUT2D eigenvalue weighted by Crippen LogP contribution is 2.41. The second-order valence-corrected chi connectivity index (χ2v) is 9.01. The Morgan fingerprint density at radius 1 is 1.12 bits per heavy atom. The third-order valence-corrected chi connectivity index (χ3v) is 6.46. The molecule has 2 N–H and O–H groups in total. The highest BCUT2D eigenvalue weighted by Gasteiger charge is 2.43. The van der Waals surface area contributed by atoms with Gasteiger partial charge in [0.1, 0.15) is 0 Å². The van der Waals surface area contributed by atoms with Gasteiger partial charge in [-0.25, -0.2) is 9.37 Å². The van der Waals surface area contributed by atoms with Gasteiger partial charge < -0.3 is 24.8 Å². The fraction of sp³-hybridized carbons (Fsp3) is 0.565. The Labute approximate surface area is 188 Å². The molecule has 0 saturated carbocycles. The minimum atomic E-state index is -0.466. The molecule has 0 aliphatic carbocycles. The molecule has 2 atom stereocenters. The third kappa shape index (κ3) is 4.39. The summed E-state index contributed by atoms with van der Waals surface area (Å²) in [5, 5.41) is 6.45. The number of fused-ring (bicyclic) bond motifs is 1. The van der Waals surface area contributed by atoms with Crippen LogP contribution in [0.1, 0.15) is 39.5 Å². The van der Waals surface area contributed by atoms with E-state index in [1.165, 1.54) is 19.0 Å². The molecule has 2 aromatic rings. The van der Waals surface area contributed by atoms with Crippen LogP contribution in [-0.4, -0.2) is 60.4 Å². The number of nitrogens with one attached hydrogen (secondary N) is 2. The van der Waals surface area contributed by atoms with Crippen LogP contribution in [0.25, 0.3) is 0 Å². The average Bonchev–Trinajstić information content (AvgIpc) is 3.24. The summed E-state index contributed by atoms with van der Waals surface area (Å²) in [6.45, 7) is 5.69. The molecular weight excluding hydrogens is 413 g/mol. The minimum absolute atomic E-state index is 0.0812. The first-order chi connectivity index (χ1) is 15.3. The summed E-state index contributed by atoms with van der Waals surface area (Å²) in [5.74, 6) is 1.51. The highest BCUT2D eigenvalue weighted by atomic mass is 19.1. The summed E-state index contributed by atoms with van der Waals surface area (Å²) in [6.07, 6.45) is 5.53. The fourth-order valence-electron chi connectivity index (χ4n) is 5.12. The van der Waals surface area contributed by atoms with E-state index in [2.05, 4.69) is 39.3 Å². The van der Waals surface area contributed by atoms with Crippen LogP contribution in [-0.2, 0) is 0 Å². The van der Waals surface area contributed by atoms with E-state index < -0.39 is 5.82 Å². The van der Waals surface area contributed by atoms with E-state index in [4.69, 9.17) is 14.2 Å². The van der Waals surface area contributed by atoms with Gasteiger partial charge in [-0.2, -0.15) is 4.98 Å². The van der Waals surface area contributed by atoms with Gasteiger partial charge in [0.15, 0.2) is 23.1 Å². The van der Waals surface area contributed by atoms with Crippen molar-refractivity contribution < 1.29 is 18.6 Å². The maximum Gasteiger partial charge on any atom is 0.229 e. The number of aromatic nitrogens is 2. The summed E-state index contributed by atoms with van der Waals surface area (Å²) in [7, 11) is 4.65. The third-order valence-electron chi connectivity index (χ3n) is 6.46. The van der Waals surface area contributed by atoms with E-state index in [1.54, 1.807) is 33.5 Å². The number of halogens is 1. The SMILES string of the molecule is COc1cc(Nc2ncc(F)c(NC3CC4CCCN4C(C)(C)C3)n2)cc(OC)c1OC. The van der Waals surface area contributed by atoms with Crippen LogP contribution in [0.2, 0.25) is 0 Å². The van der Waals surface area contributed by atoms with Gasteiger partial charge in [-0.05, 0) is 46.1 Å². The van der Waals surface area contributed by atoms with Gasteiger partial charge in [-0.1, -0.05) is 0 Å². The number of anilines is 3. The molecule has 2 unspecified atom stereocenters. The summed E-state index contributed by atoms with van der Waals surface area (Å²) < 4.78 is 30.7. The predicted octanol–water partition coefficient (Wildman–Crippen LogP) is 4.20. The number of hydrogen-bond donors (Lipinski definition) is 2. The number of piperidine rings is 1. The molecule has 0 spiro atoms. The van der Waals surface area contributed by atoms with Gasteiger partial charge >= 0.3 is 0 Å². The van der Waals surface area contributed by atoms with Gasteiger partial charge in [0.25, 0.3) is 0 Å². The van der Waals surface area contributed by atoms with Crippen molar-refractivity contribution in [2.45, 2.75) is 57.2 Å². The molecule has 4 rings (SSSR count). The zero-order valence-corrected chi connectivity index (χ0v) is 19.4. The normalized spacial score (nSPS) is 22.2. The molecule has 9 heteroatoms. The van der Waals surface area contributed by atoms with Crippen LogP contribution in [0.3, 0.4) is 0 Å². The Morgan fingerprint density at radius 3 is 2.50 bits per heavy atom. The molecule has 8 nitrogen and oxygen atoms in total. The first-order valence-electron chi connectivity index (χ1n) is 11.0. The Bertz CT molecular complexity index is 946. The average molecular weight is 446 g/mol. The van der Waals surface area contributed by atoms with Crippen LogP contribution in [0, 0.1) is 5.82 Å². The second kappa shape index (κ2) is 8.97. The van der Waals surface area contributed by atoms with Crippen molar-refractivity contribution in [3.8, 4) is 17.2 Å². The molecule has 2 fully saturated rings. The first kappa shape index (κ1) is 22.4. The smallest absolute Gasteiger partial charge is 0.229 e. The van der Waals surface area contributed by atoms with E-state index in [-0.39, 0.29) is 23.3 Å². The lowest BCUT2D eigenvalue weighted by Gasteiger charge is -2.47. The van der Waals surface area contributed by atoms with Crippen LogP contribution >= 0.6 is 0 Å².